The van der Waals surface area contributed by atoms with Gasteiger partial charge in [-0.05, 0) is 55.7 Å². The van der Waals surface area contributed by atoms with Gasteiger partial charge in [0.15, 0.2) is 0 Å². The van der Waals surface area contributed by atoms with Crippen LogP contribution in [0.15, 0.2) is 66.4 Å². The second-order valence-electron chi connectivity index (χ2n) is 8.11. The van der Waals surface area contributed by atoms with Crippen molar-refractivity contribution in [1.82, 2.24) is 0 Å². The van der Waals surface area contributed by atoms with Crippen LogP contribution in [0, 0.1) is 25.5 Å². The number of hydrogen-bond donors (Lipinski definition) is 1. The van der Waals surface area contributed by atoms with Crippen LogP contribution in [-0.2, 0) is 9.59 Å². The van der Waals surface area contributed by atoms with Crippen molar-refractivity contribution in [2.45, 2.75) is 27.2 Å². The Kier molecular flexibility index (Phi) is 6.45. The molecule has 2 amide bonds. The van der Waals surface area contributed by atoms with E-state index in [-0.39, 0.29) is 11.3 Å². The van der Waals surface area contributed by atoms with Crippen molar-refractivity contribution in [2.75, 3.05) is 16.8 Å². The van der Waals surface area contributed by atoms with Crippen LogP contribution < -0.4 is 15.0 Å². The average Bonchev–Trinajstić information content (AvgIpc) is 3.04. The fourth-order valence-electron chi connectivity index (χ4n) is 3.89. The molecule has 0 fully saturated rings. The summed E-state index contributed by atoms with van der Waals surface area (Å²) in [5, 5.41) is 3.03. The van der Waals surface area contributed by atoms with Crippen LogP contribution in [0.5, 0.6) is 5.75 Å². The normalized spacial score (nSPS) is 13.6. The lowest BCUT2D eigenvalue weighted by molar-refractivity contribution is -0.120. The zero-order valence-corrected chi connectivity index (χ0v) is 19.1. The summed E-state index contributed by atoms with van der Waals surface area (Å²) in [5.41, 5.74) is 2.45. The van der Waals surface area contributed by atoms with Gasteiger partial charge in [0.2, 0.25) is 0 Å². The van der Waals surface area contributed by atoms with E-state index in [1.54, 1.807) is 30.3 Å². The Bertz CT molecular complexity index is 1320. The van der Waals surface area contributed by atoms with Gasteiger partial charge >= 0.3 is 0 Å². The van der Waals surface area contributed by atoms with Gasteiger partial charge in [-0.1, -0.05) is 36.8 Å². The molecule has 0 aromatic heterocycles. The van der Waals surface area contributed by atoms with Gasteiger partial charge in [0, 0.05) is 17.8 Å². The summed E-state index contributed by atoms with van der Waals surface area (Å²) in [6, 6.07) is 15.1. The molecule has 0 atom stereocenters. The molecule has 1 heterocycles. The molecule has 0 aliphatic carbocycles. The molecular formula is C27H24F2N2O3. The molecule has 0 spiro atoms. The number of imide groups is 1. The number of carbonyl (C=O) groups excluding carboxylic acids is 2. The average molecular weight is 462 g/mol. The van der Waals surface area contributed by atoms with Gasteiger partial charge in [-0.3, -0.25) is 9.59 Å². The Morgan fingerprint density at radius 2 is 1.74 bits per heavy atom. The van der Waals surface area contributed by atoms with E-state index >= 15 is 0 Å². The van der Waals surface area contributed by atoms with Crippen molar-refractivity contribution in [2.24, 2.45) is 0 Å². The van der Waals surface area contributed by atoms with Crippen LogP contribution in [0.2, 0.25) is 0 Å². The van der Waals surface area contributed by atoms with Crippen LogP contribution in [0.25, 0.3) is 5.57 Å². The van der Waals surface area contributed by atoms with Crippen LogP contribution in [0.1, 0.15) is 30.0 Å². The molecule has 5 nitrogen and oxygen atoms in total. The van der Waals surface area contributed by atoms with Gasteiger partial charge in [0.25, 0.3) is 11.8 Å². The van der Waals surface area contributed by atoms with E-state index in [1.807, 2.05) is 32.9 Å². The minimum absolute atomic E-state index is 0.0201. The highest BCUT2D eigenvalue weighted by atomic mass is 19.1. The molecule has 1 aliphatic heterocycles. The third kappa shape index (κ3) is 4.41. The Morgan fingerprint density at radius 1 is 0.941 bits per heavy atom. The van der Waals surface area contributed by atoms with Gasteiger partial charge in [0.05, 0.1) is 17.9 Å². The van der Waals surface area contributed by atoms with Crippen molar-refractivity contribution in [3.05, 3.63) is 94.7 Å². The summed E-state index contributed by atoms with van der Waals surface area (Å²) in [6.07, 6.45) is 0.834. The smallest absolute Gasteiger partial charge is 0.282 e. The molecule has 174 valence electrons. The van der Waals surface area contributed by atoms with E-state index in [9.17, 15) is 18.4 Å². The SMILES string of the molecule is CCCOc1cccc(NC2=C(c3ccc(C)cc3C)C(=O)N(c3cc(F)ccc3F)C2=O)c1. The standard InChI is InChI=1S/C27H24F2N2O3/c1-4-12-34-20-7-5-6-19(15-20)30-25-24(21-10-8-16(2)13-17(21)3)26(32)31(27(25)33)23-14-18(28)9-11-22(23)29/h5-11,13-15,30H,4,12H2,1-3H3. The number of amides is 2. The van der Waals surface area contributed by atoms with Crippen molar-refractivity contribution in [1.29, 1.82) is 0 Å². The first-order chi connectivity index (χ1) is 16.3. The van der Waals surface area contributed by atoms with Crippen LogP contribution in [0.3, 0.4) is 0 Å². The molecule has 3 aromatic carbocycles. The summed E-state index contributed by atoms with van der Waals surface area (Å²) in [4.78, 5) is 27.7. The number of benzene rings is 3. The molecule has 0 bridgehead atoms. The fourth-order valence-corrected chi connectivity index (χ4v) is 3.89. The van der Waals surface area contributed by atoms with Gasteiger partial charge in [-0.15, -0.1) is 0 Å². The number of rotatable bonds is 7. The van der Waals surface area contributed by atoms with E-state index in [4.69, 9.17) is 4.74 Å². The highest BCUT2D eigenvalue weighted by molar-refractivity contribution is 6.46. The summed E-state index contributed by atoms with van der Waals surface area (Å²) in [6.45, 7) is 6.27. The topological polar surface area (TPSA) is 58.6 Å². The first kappa shape index (κ1) is 23.2. The van der Waals surface area contributed by atoms with Crippen molar-refractivity contribution >= 4 is 28.8 Å². The number of carbonyl (C=O) groups is 2. The number of aryl methyl sites for hydroxylation is 2. The Labute approximate surface area is 196 Å². The van der Waals surface area contributed by atoms with Crippen LogP contribution >= 0.6 is 0 Å². The highest BCUT2D eigenvalue weighted by Crippen LogP contribution is 2.36. The van der Waals surface area contributed by atoms with E-state index < -0.39 is 29.1 Å². The third-order valence-corrected chi connectivity index (χ3v) is 5.46. The predicted molar refractivity (Wildman–Crippen MR) is 128 cm³/mol. The van der Waals surface area contributed by atoms with Gasteiger partial charge in [-0.25, -0.2) is 13.7 Å². The summed E-state index contributed by atoms with van der Waals surface area (Å²) in [5.74, 6) is -2.54. The van der Waals surface area contributed by atoms with Gasteiger partial charge < -0.3 is 10.1 Å². The largest absolute Gasteiger partial charge is 0.494 e. The zero-order valence-electron chi connectivity index (χ0n) is 19.1. The first-order valence-electron chi connectivity index (χ1n) is 11.0. The third-order valence-electron chi connectivity index (χ3n) is 5.46. The molecule has 7 heteroatoms. The molecule has 1 N–H and O–H groups in total. The van der Waals surface area contributed by atoms with Crippen LogP contribution in [0.4, 0.5) is 20.2 Å². The number of ether oxygens (including phenoxy) is 1. The van der Waals surface area contributed by atoms with Gasteiger partial charge in [0.1, 0.15) is 23.1 Å². The Morgan fingerprint density at radius 3 is 2.47 bits per heavy atom. The summed E-state index contributed by atoms with van der Waals surface area (Å²) < 4.78 is 34.2. The molecule has 34 heavy (non-hydrogen) atoms. The number of hydrogen-bond acceptors (Lipinski definition) is 4. The minimum Gasteiger partial charge on any atom is -0.494 e. The molecule has 0 unspecified atom stereocenters. The maximum atomic E-state index is 14.6. The Balaban J connectivity index is 1.83. The lowest BCUT2D eigenvalue weighted by Gasteiger charge is -2.16. The Hall–Kier alpha value is -4.00. The second kappa shape index (κ2) is 9.47. The van der Waals surface area contributed by atoms with E-state index in [1.165, 1.54) is 0 Å². The minimum atomic E-state index is -0.876. The van der Waals surface area contributed by atoms with Crippen molar-refractivity contribution < 1.29 is 23.1 Å². The maximum Gasteiger partial charge on any atom is 0.282 e. The first-order valence-corrected chi connectivity index (χ1v) is 11.0. The van der Waals surface area contributed by atoms with Crippen molar-refractivity contribution in [3.8, 4) is 5.75 Å². The van der Waals surface area contributed by atoms with E-state index in [0.717, 1.165) is 35.7 Å². The molecule has 3 aromatic rings. The fraction of sp³-hybridized carbons (Fsp3) is 0.185. The molecule has 4 rings (SSSR count). The second-order valence-corrected chi connectivity index (χ2v) is 8.11. The predicted octanol–water partition coefficient (Wildman–Crippen LogP) is 5.77. The maximum absolute atomic E-state index is 14.6. The number of halogens is 2. The summed E-state index contributed by atoms with van der Waals surface area (Å²) >= 11 is 0. The zero-order chi connectivity index (χ0) is 24.4. The van der Waals surface area contributed by atoms with E-state index in [2.05, 4.69) is 5.32 Å². The molecule has 0 radical (unpaired) electrons. The number of nitrogens with zero attached hydrogens (tertiary/aromatic N) is 1. The lowest BCUT2D eigenvalue weighted by atomic mass is 9.97. The van der Waals surface area contributed by atoms with Crippen molar-refractivity contribution in [3.63, 3.8) is 0 Å². The lowest BCUT2D eigenvalue weighted by Crippen LogP contribution is -2.33. The molecule has 1 aliphatic rings. The van der Waals surface area contributed by atoms with E-state index in [0.29, 0.717) is 28.5 Å². The molecular weight excluding hydrogens is 438 g/mol. The molecule has 0 saturated carbocycles. The monoisotopic (exact) mass is 462 g/mol. The quantitative estimate of drug-likeness (QED) is 0.453. The van der Waals surface area contributed by atoms with Crippen LogP contribution in [-0.4, -0.2) is 18.4 Å². The molecule has 0 saturated heterocycles. The van der Waals surface area contributed by atoms with Gasteiger partial charge in [-0.2, -0.15) is 0 Å². The number of nitrogens with one attached hydrogen (secondary N) is 1. The number of anilines is 2. The highest BCUT2D eigenvalue weighted by Gasteiger charge is 2.42. The summed E-state index contributed by atoms with van der Waals surface area (Å²) in [7, 11) is 0.